The first kappa shape index (κ1) is 13.4. The van der Waals surface area contributed by atoms with Gasteiger partial charge < -0.3 is 14.6 Å². The Hall–Kier alpha value is -2.07. The molecule has 2 aromatic rings. The Morgan fingerprint density at radius 1 is 1.05 bits per heavy atom. The SMILES string of the molecule is COc1cnccc1C(O)c1cc(C)ccc1OC. The Morgan fingerprint density at radius 2 is 1.79 bits per heavy atom. The number of aliphatic hydroxyl groups excluding tert-OH is 1. The summed E-state index contributed by atoms with van der Waals surface area (Å²) >= 11 is 0. The monoisotopic (exact) mass is 259 g/mol. The van der Waals surface area contributed by atoms with Crippen LogP contribution in [0.5, 0.6) is 11.5 Å². The van der Waals surface area contributed by atoms with E-state index >= 15 is 0 Å². The van der Waals surface area contributed by atoms with E-state index in [1.54, 1.807) is 32.7 Å². The van der Waals surface area contributed by atoms with Crippen LogP contribution in [0.4, 0.5) is 0 Å². The van der Waals surface area contributed by atoms with Gasteiger partial charge in [0.15, 0.2) is 0 Å². The van der Waals surface area contributed by atoms with Crippen LogP contribution in [0, 0.1) is 6.92 Å². The highest BCUT2D eigenvalue weighted by Crippen LogP contribution is 2.34. The van der Waals surface area contributed by atoms with E-state index in [4.69, 9.17) is 9.47 Å². The lowest BCUT2D eigenvalue weighted by atomic mass is 9.99. The van der Waals surface area contributed by atoms with E-state index in [9.17, 15) is 5.11 Å². The first-order chi connectivity index (χ1) is 9.17. The molecule has 1 aromatic heterocycles. The van der Waals surface area contributed by atoms with Crippen LogP contribution >= 0.6 is 0 Å². The molecule has 0 spiro atoms. The summed E-state index contributed by atoms with van der Waals surface area (Å²) < 4.78 is 10.5. The second-order valence-electron chi connectivity index (χ2n) is 4.27. The summed E-state index contributed by atoms with van der Waals surface area (Å²) in [6.07, 6.45) is 2.40. The van der Waals surface area contributed by atoms with Crippen LogP contribution in [0.3, 0.4) is 0 Å². The lowest BCUT2D eigenvalue weighted by Gasteiger charge is -2.17. The van der Waals surface area contributed by atoms with Gasteiger partial charge in [-0.05, 0) is 25.1 Å². The fourth-order valence-corrected chi connectivity index (χ4v) is 2.02. The van der Waals surface area contributed by atoms with Gasteiger partial charge in [0, 0.05) is 17.3 Å². The van der Waals surface area contributed by atoms with E-state index in [1.807, 2.05) is 25.1 Å². The van der Waals surface area contributed by atoms with Gasteiger partial charge in [-0.15, -0.1) is 0 Å². The predicted octanol–water partition coefficient (Wildman–Crippen LogP) is 2.49. The second kappa shape index (κ2) is 5.71. The van der Waals surface area contributed by atoms with Crippen molar-refractivity contribution in [3.63, 3.8) is 0 Å². The van der Waals surface area contributed by atoms with Crippen molar-refractivity contribution in [1.29, 1.82) is 0 Å². The maximum absolute atomic E-state index is 10.6. The smallest absolute Gasteiger partial charge is 0.143 e. The molecular weight excluding hydrogens is 242 g/mol. The molecule has 0 aliphatic rings. The topological polar surface area (TPSA) is 51.6 Å². The van der Waals surface area contributed by atoms with Crippen molar-refractivity contribution in [3.05, 3.63) is 53.3 Å². The summed E-state index contributed by atoms with van der Waals surface area (Å²) in [5, 5.41) is 10.6. The summed E-state index contributed by atoms with van der Waals surface area (Å²) in [6.45, 7) is 1.97. The van der Waals surface area contributed by atoms with Gasteiger partial charge in [0.1, 0.15) is 17.6 Å². The van der Waals surface area contributed by atoms with Gasteiger partial charge in [0.05, 0.1) is 20.4 Å². The van der Waals surface area contributed by atoms with E-state index in [-0.39, 0.29) is 0 Å². The molecule has 0 bridgehead atoms. The number of aryl methyl sites for hydroxylation is 1. The summed E-state index contributed by atoms with van der Waals surface area (Å²) in [4.78, 5) is 3.99. The zero-order valence-electron chi connectivity index (χ0n) is 11.3. The lowest BCUT2D eigenvalue weighted by Crippen LogP contribution is -2.05. The number of hydrogen-bond donors (Lipinski definition) is 1. The van der Waals surface area contributed by atoms with Crippen LogP contribution in [0.1, 0.15) is 22.8 Å². The molecule has 0 saturated heterocycles. The number of nitrogens with zero attached hydrogens (tertiary/aromatic N) is 1. The molecule has 19 heavy (non-hydrogen) atoms. The van der Waals surface area contributed by atoms with Crippen molar-refractivity contribution in [1.82, 2.24) is 4.98 Å². The maximum Gasteiger partial charge on any atom is 0.143 e. The summed E-state index contributed by atoms with van der Waals surface area (Å²) in [6, 6.07) is 7.44. The third-order valence-corrected chi connectivity index (χ3v) is 3.01. The highest BCUT2D eigenvalue weighted by atomic mass is 16.5. The van der Waals surface area contributed by atoms with E-state index in [1.165, 1.54) is 0 Å². The fraction of sp³-hybridized carbons (Fsp3) is 0.267. The number of pyridine rings is 1. The molecule has 0 aliphatic carbocycles. The molecule has 1 N–H and O–H groups in total. The van der Waals surface area contributed by atoms with Crippen molar-refractivity contribution < 1.29 is 14.6 Å². The van der Waals surface area contributed by atoms with Crippen LogP contribution in [-0.2, 0) is 0 Å². The second-order valence-corrected chi connectivity index (χ2v) is 4.27. The standard InChI is InChI=1S/C15H17NO3/c1-10-4-5-13(18-2)12(8-10)15(17)11-6-7-16-9-14(11)19-3/h4-9,15,17H,1-3H3. The predicted molar refractivity (Wildman–Crippen MR) is 72.6 cm³/mol. The first-order valence-electron chi connectivity index (χ1n) is 5.98. The number of methoxy groups -OCH3 is 2. The zero-order chi connectivity index (χ0) is 13.8. The molecule has 1 aromatic carbocycles. The fourth-order valence-electron chi connectivity index (χ4n) is 2.02. The van der Waals surface area contributed by atoms with Gasteiger partial charge in [0.25, 0.3) is 0 Å². The molecule has 100 valence electrons. The largest absolute Gasteiger partial charge is 0.496 e. The molecule has 0 aliphatic heterocycles. The van der Waals surface area contributed by atoms with Crippen molar-refractivity contribution >= 4 is 0 Å². The molecular formula is C15H17NO3. The molecule has 1 unspecified atom stereocenters. The van der Waals surface area contributed by atoms with Crippen LogP contribution in [-0.4, -0.2) is 24.3 Å². The Labute approximate surface area is 112 Å². The first-order valence-corrected chi connectivity index (χ1v) is 5.98. The average Bonchev–Trinajstić information content (AvgIpc) is 2.46. The summed E-state index contributed by atoms with van der Waals surface area (Å²) in [5.41, 5.74) is 2.44. The number of hydrogen-bond acceptors (Lipinski definition) is 4. The number of aromatic nitrogens is 1. The third kappa shape index (κ3) is 2.69. The molecule has 1 atom stereocenters. The van der Waals surface area contributed by atoms with Crippen molar-refractivity contribution in [2.45, 2.75) is 13.0 Å². The molecule has 2 rings (SSSR count). The van der Waals surface area contributed by atoms with Crippen LogP contribution in [0.25, 0.3) is 0 Å². The number of ether oxygens (including phenoxy) is 2. The normalized spacial score (nSPS) is 12.0. The molecule has 4 heteroatoms. The van der Waals surface area contributed by atoms with Crippen LogP contribution < -0.4 is 9.47 Å². The number of benzene rings is 1. The van der Waals surface area contributed by atoms with Crippen molar-refractivity contribution in [2.24, 2.45) is 0 Å². The Bertz CT molecular complexity index is 569. The van der Waals surface area contributed by atoms with Gasteiger partial charge in [-0.3, -0.25) is 4.98 Å². The average molecular weight is 259 g/mol. The minimum Gasteiger partial charge on any atom is -0.496 e. The summed E-state index contributed by atoms with van der Waals surface area (Å²) in [7, 11) is 3.14. The van der Waals surface area contributed by atoms with Gasteiger partial charge in [-0.2, -0.15) is 0 Å². The van der Waals surface area contributed by atoms with Crippen LogP contribution in [0.2, 0.25) is 0 Å². The number of rotatable bonds is 4. The van der Waals surface area contributed by atoms with Gasteiger partial charge in [0.2, 0.25) is 0 Å². The number of aliphatic hydroxyl groups is 1. The summed E-state index contributed by atoms with van der Waals surface area (Å²) in [5.74, 6) is 1.20. The van der Waals surface area contributed by atoms with Gasteiger partial charge in [-0.25, -0.2) is 0 Å². The Morgan fingerprint density at radius 3 is 2.47 bits per heavy atom. The molecule has 0 radical (unpaired) electrons. The van der Waals surface area contributed by atoms with Crippen LogP contribution in [0.15, 0.2) is 36.7 Å². The van der Waals surface area contributed by atoms with Crippen molar-refractivity contribution in [3.8, 4) is 11.5 Å². The highest BCUT2D eigenvalue weighted by Gasteiger charge is 2.19. The van der Waals surface area contributed by atoms with E-state index in [0.29, 0.717) is 22.6 Å². The van der Waals surface area contributed by atoms with Gasteiger partial charge in [-0.1, -0.05) is 11.6 Å². The Kier molecular flexibility index (Phi) is 4.02. The molecule has 4 nitrogen and oxygen atoms in total. The molecule has 0 saturated carbocycles. The van der Waals surface area contributed by atoms with E-state index < -0.39 is 6.10 Å². The van der Waals surface area contributed by atoms with E-state index in [0.717, 1.165) is 5.56 Å². The minimum absolute atomic E-state index is 0.554. The third-order valence-electron chi connectivity index (χ3n) is 3.01. The minimum atomic E-state index is -0.812. The van der Waals surface area contributed by atoms with Crippen molar-refractivity contribution in [2.75, 3.05) is 14.2 Å². The zero-order valence-corrected chi connectivity index (χ0v) is 11.3. The highest BCUT2D eigenvalue weighted by molar-refractivity contribution is 5.45. The maximum atomic E-state index is 10.6. The van der Waals surface area contributed by atoms with E-state index in [2.05, 4.69) is 4.98 Å². The van der Waals surface area contributed by atoms with Gasteiger partial charge >= 0.3 is 0 Å². The Balaban J connectivity index is 2.49. The lowest BCUT2D eigenvalue weighted by molar-refractivity contribution is 0.209. The molecule has 0 amide bonds. The molecule has 1 heterocycles. The quantitative estimate of drug-likeness (QED) is 0.916. The molecule has 0 fully saturated rings.